The number of hydrogen-bond donors (Lipinski definition) is 1. The maximum Gasteiger partial charge on any atom is 0.119 e. The van der Waals surface area contributed by atoms with Crippen molar-refractivity contribution >= 4 is 28.1 Å². The Labute approximate surface area is 95.1 Å². The highest BCUT2D eigenvalue weighted by Crippen LogP contribution is 2.18. The van der Waals surface area contributed by atoms with Gasteiger partial charge in [0.2, 0.25) is 0 Å². The predicted molar refractivity (Wildman–Crippen MR) is 62.6 cm³/mol. The van der Waals surface area contributed by atoms with Gasteiger partial charge >= 0.3 is 0 Å². The van der Waals surface area contributed by atoms with Crippen molar-refractivity contribution in [2.75, 3.05) is 0 Å². The number of H-pyrrole nitrogens is 1. The average molecular weight is 267 g/mol. The summed E-state index contributed by atoms with van der Waals surface area (Å²) in [6, 6.07) is 11.7. The molecular weight excluding hydrogens is 260 g/mol. The molecule has 14 heavy (non-hydrogen) atoms. The highest BCUT2D eigenvalue weighted by molar-refractivity contribution is 9.10. The maximum atomic E-state index is 4.92. The average Bonchev–Trinajstić information content (AvgIpc) is 2.21. The fourth-order valence-electron chi connectivity index (χ4n) is 1.13. The van der Waals surface area contributed by atoms with Crippen LogP contribution in [0, 0.1) is 4.64 Å². The fraction of sp³-hybridized carbons (Fsp3) is 0. The Hall–Kier alpha value is -1.00. The van der Waals surface area contributed by atoms with E-state index in [2.05, 4.69) is 26.1 Å². The molecule has 0 saturated heterocycles. The number of aromatic amines is 1. The molecule has 2 nitrogen and oxygen atoms in total. The minimum Gasteiger partial charge on any atom is -0.267 e. The summed E-state index contributed by atoms with van der Waals surface area (Å²) in [5, 5.41) is 6.90. The molecule has 4 heteroatoms. The van der Waals surface area contributed by atoms with Crippen LogP contribution < -0.4 is 0 Å². The van der Waals surface area contributed by atoms with Crippen molar-refractivity contribution in [3.63, 3.8) is 0 Å². The second kappa shape index (κ2) is 4.02. The van der Waals surface area contributed by atoms with Crippen LogP contribution >= 0.6 is 28.1 Å². The zero-order valence-electron chi connectivity index (χ0n) is 7.20. The summed E-state index contributed by atoms with van der Waals surface area (Å²) in [4.78, 5) is 0. The van der Waals surface area contributed by atoms with Gasteiger partial charge in [-0.2, -0.15) is 5.10 Å². The second-order valence-electron chi connectivity index (χ2n) is 2.81. The monoisotopic (exact) mass is 266 g/mol. The third-order valence-corrected chi connectivity index (χ3v) is 2.58. The first-order chi connectivity index (χ1) is 6.75. The lowest BCUT2D eigenvalue weighted by Gasteiger charge is -1.99. The van der Waals surface area contributed by atoms with Gasteiger partial charge in [-0.3, -0.25) is 5.10 Å². The fourth-order valence-corrected chi connectivity index (χ4v) is 1.50. The molecule has 0 atom stereocenters. The number of hydrogen-bond acceptors (Lipinski definition) is 2. The Kier molecular flexibility index (Phi) is 2.74. The topological polar surface area (TPSA) is 28.7 Å². The molecule has 0 aliphatic heterocycles. The smallest absolute Gasteiger partial charge is 0.119 e. The molecule has 1 heterocycles. The van der Waals surface area contributed by atoms with Gasteiger partial charge in [0.05, 0.1) is 5.69 Å². The van der Waals surface area contributed by atoms with E-state index >= 15 is 0 Å². The van der Waals surface area contributed by atoms with E-state index in [9.17, 15) is 0 Å². The summed E-state index contributed by atoms with van der Waals surface area (Å²) in [5.74, 6) is 0. The van der Waals surface area contributed by atoms with Gasteiger partial charge in [0.15, 0.2) is 0 Å². The molecule has 1 aromatic heterocycles. The zero-order valence-corrected chi connectivity index (χ0v) is 9.60. The molecule has 1 aromatic carbocycles. The molecular formula is C10H7BrN2S. The van der Waals surface area contributed by atoms with Crippen LogP contribution in [-0.2, 0) is 0 Å². The SMILES string of the molecule is S=c1ccc(-c2ccc(Br)cc2)n[nH]1. The van der Waals surface area contributed by atoms with Crippen molar-refractivity contribution in [3.05, 3.63) is 45.5 Å². The molecule has 0 aliphatic rings. The first-order valence-electron chi connectivity index (χ1n) is 4.07. The summed E-state index contributed by atoms with van der Waals surface area (Å²) >= 11 is 8.30. The Morgan fingerprint density at radius 3 is 2.36 bits per heavy atom. The van der Waals surface area contributed by atoms with Crippen LogP contribution in [0.1, 0.15) is 0 Å². The van der Waals surface area contributed by atoms with Gasteiger partial charge in [-0.05, 0) is 24.3 Å². The molecule has 0 saturated carbocycles. The van der Waals surface area contributed by atoms with Crippen molar-refractivity contribution in [1.29, 1.82) is 0 Å². The van der Waals surface area contributed by atoms with E-state index in [-0.39, 0.29) is 0 Å². The number of halogens is 1. The highest BCUT2D eigenvalue weighted by Gasteiger charge is 1.97. The first-order valence-corrected chi connectivity index (χ1v) is 5.27. The quantitative estimate of drug-likeness (QED) is 0.800. The molecule has 0 unspecified atom stereocenters. The summed E-state index contributed by atoms with van der Waals surface area (Å²) in [5.41, 5.74) is 1.96. The molecule has 0 aliphatic carbocycles. The van der Waals surface area contributed by atoms with Crippen LogP contribution in [0.3, 0.4) is 0 Å². The molecule has 2 aromatic rings. The largest absolute Gasteiger partial charge is 0.267 e. The minimum atomic E-state index is 0.644. The van der Waals surface area contributed by atoms with Gasteiger partial charge in [0.1, 0.15) is 4.64 Å². The second-order valence-corrected chi connectivity index (χ2v) is 4.17. The lowest BCUT2D eigenvalue weighted by atomic mass is 10.1. The molecule has 70 valence electrons. The molecule has 0 bridgehead atoms. The lowest BCUT2D eigenvalue weighted by Crippen LogP contribution is -1.86. The van der Waals surface area contributed by atoms with Gasteiger partial charge in [0, 0.05) is 10.0 Å². The summed E-state index contributed by atoms with van der Waals surface area (Å²) < 4.78 is 1.70. The first kappa shape index (κ1) is 9.55. The van der Waals surface area contributed by atoms with Gasteiger partial charge in [-0.1, -0.05) is 40.3 Å². The van der Waals surface area contributed by atoms with Crippen LogP contribution in [0.5, 0.6) is 0 Å². The molecule has 2 rings (SSSR count). The molecule has 0 radical (unpaired) electrons. The molecule has 0 amide bonds. The third kappa shape index (κ3) is 2.08. The van der Waals surface area contributed by atoms with E-state index in [4.69, 9.17) is 12.2 Å². The zero-order chi connectivity index (χ0) is 9.97. The van der Waals surface area contributed by atoms with Gasteiger partial charge in [0.25, 0.3) is 0 Å². The van der Waals surface area contributed by atoms with E-state index < -0.39 is 0 Å². The van der Waals surface area contributed by atoms with Crippen LogP contribution in [0.4, 0.5) is 0 Å². The summed E-state index contributed by atoms with van der Waals surface area (Å²) in [6.45, 7) is 0. The third-order valence-electron chi connectivity index (χ3n) is 1.82. The number of rotatable bonds is 1. The van der Waals surface area contributed by atoms with Crippen LogP contribution in [0.25, 0.3) is 11.3 Å². The number of nitrogens with one attached hydrogen (secondary N) is 1. The van der Waals surface area contributed by atoms with Crippen molar-refractivity contribution in [1.82, 2.24) is 10.2 Å². The van der Waals surface area contributed by atoms with E-state index in [1.807, 2.05) is 36.4 Å². The maximum absolute atomic E-state index is 4.92. The molecule has 0 spiro atoms. The minimum absolute atomic E-state index is 0.644. The number of benzene rings is 1. The van der Waals surface area contributed by atoms with Crippen molar-refractivity contribution in [2.45, 2.75) is 0 Å². The van der Waals surface area contributed by atoms with Crippen LogP contribution in [0.15, 0.2) is 40.9 Å². The Morgan fingerprint density at radius 2 is 1.79 bits per heavy atom. The van der Waals surface area contributed by atoms with E-state index in [0.29, 0.717) is 4.64 Å². The van der Waals surface area contributed by atoms with Gasteiger partial charge < -0.3 is 0 Å². The Morgan fingerprint density at radius 1 is 1.07 bits per heavy atom. The normalized spacial score (nSPS) is 10.1. The van der Waals surface area contributed by atoms with Gasteiger partial charge in [-0.15, -0.1) is 0 Å². The van der Waals surface area contributed by atoms with Crippen molar-refractivity contribution in [2.24, 2.45) is 0 Å². The van der Waals surface area contributed by atoms with E-state index in [1.54, 1.807) is 0 Å². The lowest BCUT2D eigenvalue weighted by molar-refractivity contribution is 1.02. The standard InChI is InChI=1S/C10H7BrN2S/c11-8-3-1-7(2-4-8)9-5-6-10(14)13-12-9/h1-6H,(H,13,14). The Balaban J connectivity index is 2.44. The van der Waals surface area contributed by atoms with Crippen molar-refractivity contribution < 1.29 is 0 Å². The van der Waals surface area contributed by atoms with E-state index in [0.717, 1.165) is 15.7 Å². The van der Waals surface area contributed by atoms with E-state index in [1.165, 1.54) is 0 Å². The molecule has 1 N–H and O–H groups in total. The Bertz CT molecular complexity index is 470. The number of aromatic nitrogens is 2. The van der Waals surface area contributed by atoms with Crippen LogP contribution in [-0.4, -0.2) is 10.2 Å². The van der Waals surface area contributed by atoms with Crippen LogP contribution in [0.2, 0.25) is 0 Å². The predicted octanol–water partition coefficient (Wildman–Crippen LogP) is 3.57. The number of nitrogens with zero attached hydrogens (tertiary/aromatic N) is 1. The van der Waals surface area contributed by atoms with Crippen molar-refractivity contribution in [3.8, 4) is 11.3 Å². The summed E-state index contributed by atoms with van der Waals surface area (Å²) in [6.07, 6.45) is 0. The molecule has 0 fully saturated rings. The highest BCUT2D eigenvalue weighted by atomic mass is 79.9. The van der Waals surface area contributed by atoms with Gasteiger partial charge in [-0.25, -0.2) is 0 Å². The summed E-state index contributed by atoms with van der Waals surface area (Å²) in [7, 11) is 0.